The minimum absolute atomic E-state index is 0.0385. The SMILES string of the molecule is COC(=O)c1ccc(CNS(=O)(=O)[N+]2(c3ccccc3)CCN(C3COC3)CC2)nc1. The average Bonchev–Trinajstić information content (AvgIpc) is 2.77. The summed E-state index contributed by atoms with van der Waals surface area (Å²) >= 11 is 0. The normalized spacial score (nSPS) is 19.5. The number of esters is 1. The number of rotatable bonds is 7. The lowest BCUT2D eigenvalue weighted by Gasteiger charge is -2.46. The molecular formula is C21H27N4O5S+. The van der Waals surface area contributed by atoms with Gasteiger partial charge < -0.3 is 9.47 Å². The van der Waals surface area contributed by atoms with Crippen molar-refractivity contribution in [3.63, 3.8) is 0 Å². The number of ether oxygens (including phenoxy) is 2. The summed E-state index contributed by atoms with van der Waals surface area (Å²) in [7, 11) is -2.47. The Morgan fingerprint density at radius 1 is 1.19 bits per heavy atom. The maximum Gasteiger partial charge on any atom is 0.375 e. The van der Waals surface area contributed by atoms with Crippen LogP contribution in [0.25, 0.3) is 0 Å². The van der Waals surface area contributed by atoms with Gasteiger partial charge in [-0.05, 0) is 12.1 Å². The van der Waals surface area contributed by atoms with E-state index in [0.29, 0.717) is 56.7 Å². The van der Waals surface area contributed by atoms with Gasteiger partial charge in [0.15, 0.2) is 0 Å². The summed E-state index contributed by atoms with van der Waals surface area (Å²) in [6, 6.07) is 12.9. The highest BCUT2D eigenvalue weighted by molar-refractivity contribution is 7.89. The van der Waals surface area contributed by atoms with E-state index < -0.39 is 16.2 Å². The first-order valence-electron chi connectivity index (χ1n) is 10.2. The number of carbonyl (C=O) groups excluding carboxylic acids is 1. The van der Waals surface area contributed by atoms with Crippen molar-refractivity contribution in [1.82, 2.24) is 18.5 Å². The third-order valence-electron chi connectivity index (χ3n) is 6.00. The molecule has 4 rings (SSSR count). The third kappa shape index (κ3) is 4.35. The van der Waals surface area contributed by atoms with Crippen molar-refractivity contribution in [3.05, 3.63) is 59.9 Å². The summed E-state index contributed by atoms with van der Waals surface area (Å²) in [5, 5.41) is 0. The Kier molecular flexibility index (Phi) is 6.35. The monoisotopic (exact) mass is 447 g/mol. The standard InChI is InChI=1S/C21H27N4O5S/c1-29-21(26)17-7-8-18(22-13-17)14-23-31(27,28)25(20-5-3-2-4-6-20)11-9-24(10-12-25)19-15-30-16-19/h2-8,13,19,23H,9-12,14-16H2,1H3/q+1. The van der Waals surface area contributed by atoms with Crippen molar-refractivity contribution >= 4 is 21.9 Å². The maximum absolute atomic E-state index is 13.6. The molecule has 1 aromatic heterocycles. The molecule has 2 aliphatic rings. The van der Waals surface area contributed by atoms with Gasteiger partial charge in [-0.3, -0.25) is 9.88 Å². The fourth-order valence-electron chi connectivity index (χ4n) is 4.00. The molecule has 9 nitrogen and oxygen atoms in total. The van der Waals surface area contributed by atoms with E-state index in [9.17, 15) is 13.2 Å². The molecule has 0 bridgehead atoms. The van der Waals surface area contributed by atoms with Crippen LogP contribution >= 0.6 is 0 Å². The molecule has 1 aromatic carbocycles. The van der Waals surface area contributed by atoms with Crippen LogP contribution in [0.4, 0.5) is 5.69 Å². The van der Waals surface area contributed by atoms with Crippen molar-refractivity contribution < 1.29 is 22.7 Å². The summed E-state index contributed by atoms with van der Waals surface area (Å²) in [6.07, 6.45) is 1.39. The third-order valence-corrected chi connectivity index (χ3v) is 8.01. The molecule has 0 amide bonds. The van der Waals surface area contributed by atoms with Gasteiger partial charge in [0.2, 0.25) is 0 Å². The van der Waals surface area contributed by atoms with Gasteiger partial charge in [-0.25, -0.2) is 4.79 Å². The number of hydrogen-bond acceptors (Lipinski definition) is 7. The highest BCUT2D eigenvalue weighted by Gasteiger charge is 2.48. The van der Waals surface area contributed by atoms with E-state index in [4.69, 9.17) is 4.74 Å². The molecule has 0 aliphatic carbocycles. The number of quaternary nitrogens is 1. The minimum Gasteiger partial charge on any atom is -0.465 e. The summed E-state index contributed by atoms with van der Waals surface area (Å²) in [6.45, 7) is 3.71. The molecule has 2 fully saturated rings. The Labute approximate surface area is 182 Å². The number of para-hydroxylation sites is 1. The molecule has 0 radical (unpaired) electrons. The number of pyridine rings is 1. The number of nitrogens with one attached hydrogen (secondary N) is 1. The van der Waals surface area contributed by atoms with Gasteiger partial charge in [-0.15, -0.1) is 0 Å². The van der Waals surface area contributed by atoms with Crippen LogP contribution in [0.2, 0.25) is 0 Å². The molecule has 3 heterocycles. The van der Waals surface area contributed by atoms with E-state index in [1.165, 1.54) is 13.3 Å². The Hall–Kier alpha value is -2.37. The molecule has 10 heteroatoms. The first kappa shape index (κ1) is 21.8. The molecule has 2 aromatic rings. The van der Waals surface area contributed by atoms with Gasteiger partial charge in [-0.1, -0.05) is 18.2 Å². The lowest BCUT2D eigenvalue weighted by Crippen LogP contribution is -2.68. The topological polar surface area (TPSA) is 97.8 Å². The van der Waals surface area contributed by atoms with E-state index >= 15 is 0 Å². The van der Waals surface area contributed by atoms with Gasteiger partial charge >= 0.3 is 16.2 Å². The summed E-state index contributed by atoms with van der Waals surface area (Å²) in [5.41, 5.74) is 1.58. The number of methoxy groups -OCH3 is 1. The van der Waals surface area contributed by atoms with Crippen LogP contribution in [-0.2, 0) is 26.2 Å². The average molecular weight is 448 g/mol. The second-order valence-electron chi connectivity index (χ2n) is 7.73. The fourth-order valence-corrected chi connectivity index (χ4v) is 5.62. The lowest BCUT2D eigenvalue weighted by molar-refractivity contribution is -0.0718. The number of nitrogens with zero attached hydrogens (tertiary/aromatic N) is 3. The molecule has 0 unspecified atom stereocenters. The van der Waals surface area contributed by atoms with E-state index in [2.05, 4.69) is 19.3 Å². The van der Waals surface area contributed by atoms with Gasteiger partial charge in [0.05, 0.1) is 44.2 Å². The second kappa shape index (κ2) is 9.01. The largest absolute Gasteiger partial charge is 0.465 e. The molecule has 0 atom stereocenters. The zero-order valence-electron chi connectivity index (χ0n) is 17.4. The lowest BCUT2D eigenvalue weighted by atomic mass is 10.1. The van der Waals surface area contributed by atoms with Crippen LogP contribution in [0.3, 0.4) is 0 Å². The summed E-state index contributed by atoms with van der Waals surface area (Å²) < 4.78 is 39.7. The zero-order valence-corrected chi connectivity index (χ0v) is 18.3. The van der Waals surface area contributed by atoms with E-state index in [1.807, 2.05) is 30.3 Å². The van der Waals surface area contributed by atoms with Crippen molar-refractivity contribution in [1.29, 1.82) is 0 Å². The number of piperazine rings is 1. The maximum atomic E-state index is 13.6. The first-order valence-corrected chi connectivity index (χ1v) is 11.7. The summed E-state index contributed by atoms with van der Waals surface area (Å²) in [5.74, 6) is -0.483. The number of aromatic nitrogens is 1. The molecule has 0 saturated carbocycles. The van der Waals surface area contributed by atoms with Crippen LogP contribution in [0.15, 0.2) is 48.7 Å². The Morgan fingerprint density at radius 3 is 2.45 bits per heavy atom. The minimum atomic E-state index is -3.77. The van der Waals surface area contributed by atoms with Crippen LogP contribution in [-0.4, -0.2) is 76.8 Å². The number of carbonyl (C=O) groups is 1. The Morgan fingerprint density at radius 2 is 1.90 bits per heavy atom. The highest BCUT2D eigenvalue weighted by Crippen LogP contribution is 2.30. The van der Waals surface area contributed by atoms with Crippen LogP contribution in [0.5, 0.6) is 0 Å². The van der Waals surface area contributed by atoms with E-state index in [0.717, 1.165) is 5.69 Å². The number of hydrogen-bond donors (Lipinski definition) is 1. The molecule has 2 saturated heterocycles. The van der Waals surface area contributed by atoms with Crippen molar-refractivity contribution in [2.45, 2.75) is 12.6 Å². The molecule has 166 valence electrons. The Balaban J connectivity index is 1.52. The van der Waals surface area contributed by atoms with Gasteiger partial charge in [0.25, 0.3) is 0 Å². The molecule has 31 heavy (non-hydrogen) atoms. The van der Waals surface area contributed by atoms with Crippen molar-refractivity contribution in [2.24, 2.45) is 0 Å². The van der Waals surface area contributed by atoms with Crippen molar-refractivity contribution in [3.8, 4) is 0 Å². The van der Waals surface area contributed by atoms with E-state index in [1.54, 1.807) is 12.1 Å². The molecular weight excluding hydrogens is 420 g/mol. The number of benzene rings is 1. The quantitative estimate of drug-likeness (QED) is 0.498. The van der Waals surface area contributed by atoms with Crippen molar-refractivity contribution in [2.75, 3.05) is 46.5 Å². The fraction of sp³-hybridized carbons (Fsp3) is 0.429. The van der Waals surface area contributed by atoms with Crippen LogP contribution < -0.4 is 8.61 Å². The van der Waals surface area contributed by atoms with Gasteiger partial charge in [0.1, 0.15) is 18.8 Å². The smallest absolute Gasteiger partial charge is 0.375 e. The zero-order chi connectivity index (χ0) is 21.9. The predicted octanol–water partition coefficient (Wildman–Crippen LogP) is 0.925. The van der Waals surface area contributed by atoms with Gasteiger partial charge in [0, 0.05) is 31.4 Å². The predicted molar refractivity (Wildman–Crippen MR) is 115 cm³/mol. The van der Waals surface area contributed by atoms with Gasteiger partial charge in [-0.2, -0.15) is 17.0 Å². The first-order chi connectivity index (χ1) is 14.9. The molecule has 0 spiro atoms. The Bertz CT molecular complexity index is 1000. The second-order valence-corrected chi connectivity index (χ2v) is 9.66. The van der Waals surface area contributed by atoms with Crippen LogP contribution in [0.1, 0.15) is 16.1 Å². The highest BCUT2D eigenvalue weighted by atomic mass is 32.2. The molecule has 2 aliphatic heterocycles. The molecule has 1 N–H and O–H groups in total. The summed E-state index contributed by atoms with van der Waals surface area (Å²) in [4.78, 5) is 18.1. The van der Waals surface area contributed by atoms with Crippen LogP contribution in [0, 0.1) is 0 Å². The van der Waals surface area contributed by atoms with E-state index in [-0.39, 0.29) is 10.4 Å².